The fourth-order valence-electron chi connectivity index (χ4n) is 4.66. The van der Waals surface area contributed by atoms with E-state index in [1.54, 1.807) is 0 Å². The normalized spacial score (nSPS) is 34.7. The van der Waals surface area contributed by atoms with Crippen LogP contribution < -0.4 is 0 Å². The minimum atomic E-state index is 0.925. The number of aromatic nitrogens is 1. The van der Waals surface area contributed by atoms with Crippen molar-refractivity contribution in [3.8, 4) is 0 Å². The summed E-state index contributed by atoms with van der Waals surface area (Å²) >= 11 is 0. The molecule has 0 aromatic carbocycles. The van der Waals surface area contributed by atoms with Gasteiger partial charge in [-0.2, -0.15) is 0 Å². The average Bonchev–Trinajstić information content (AvgIpc) is 3.12. The molecular formula is C17H25N3. The minimum Gasteiger partial charge on any atom is -0.298 e. The summed E-state index contributed by atoms with van der Waals surface area (Å²) in [6.45, 7) is 6.06. The van der Waals surface area contributed by atoms with Crippen LogP contribution in [0.4, 0.5) is 0 Å². The van der Waals surface area contributed by atoms with Crippen molar-refractivity contribution in [2.75, 3.05) is 26.2 Å². The SMILES string of the molecule is c1cncc(CN2CCN([C@@H]3C[C@H]4CC[C@@H]3C4)CC2)c1. The van der Waals surface area contributed by atoms with Crippen LogP contribution in [0.2, 0.25) is 0 Å². The minimum absolute atomic E-state index is 0.925. The number of fused-ring (bicyclic) bond motifs is 2. The third-order valence-electron chi connectivity index (χ3n) is 5.71. The van der Waals surface area contributed by atoms with Crippen LogP contribution in [0.5, 0.6) is 0 Å². The standard InChI is InChI=1S/C17H25N3/c1-2-15(12-18-5-1)13-19-6-8-20(9-7-19)17-11-14-3-4-16(17)10-14/h1-2,5,12,14,16-17H,3-4,6-11,13H2/t14-,16+,17+/m0/s1. The van der Waals surface area contributed by atoms with Gasteiger partial charge in [-0.05, 0) is 42.7 Å². The van der Waals surface area contributed by atoms with Crippen LogP contribution in [0.3, 0.4) is 0 Å². The highest BCUT2D eigenvalue weighted by Crippen LogP contribution is 2.46. The lowest BCUT2D eigenvalue weighted by atomic mass is 9.93. The summed E-state index contributed by atoms with van der Waals surface area (Å²) in [4.78, 5) is 9.60. The van der Waals surface area contributed by atoms with E-state index < -0.39 is 0 Å². The Hall–Kier alpha value is -0.930. The van der Waals surface area contributed by atoms with Crippen LogP contribution in [0, 0.1) is 11.8 Å². The Kier molecular flexibility index (Phi) is 3.49. The molecule has 108 valence electrons. The molecule has 3 nitrogen and oxygen atoms in total. The van der Waals surface area contributed by atoms with Crippen molar-refractivity contribution in [1.82, 2.24) is 14.8 Å². The van der Waals surface area contributed by atoms with Gasteiger partial charge < -0.3 is 0 Å². The number of nitrogens with zero attached hydrogens (tertiary/aromatic N) is 3. The molecule has 1 aromatic rings. The van der Waals surface area contributed by atoms with Crippen molar-refractivity contribution in [3.05, 3.63) is 30.1 Å². The van der Waals surface area contributed by atoms with Crippen LogP contribution in [0.1, 0.15) is 31.2 Å². The van der Waals surface area contributed by atoms with Crippen molar-refractivity contribution < 1.29 is 0 Å². The maximum Gasteiger partial charge on any atom is 0.0312 e. The molecular weight excluding hydrogens is 246 g/mol. The van der Waals surface area contributed by atoms with Crippen molar-refractivity contribution in [1.29, 1.82) is 0 Å². The Balaban J connectivity index is 1.30. The zero-order valence-corrected chi connectivity index (χ0v) is 12.2. The summed E-state index contributed by atoms with van der Waals surface area (Å²) in [6.07, 6.45) is 9.90. The third-order valence-corrected chi connectivity index (χ3v) is 5.71. The maximum absolute atomic E-state index is 4.22. The van der Waals surface area contributed by atoms with Gasteiger partial charge in [-0.25, -0.2) is 0 Å². The molecule has 1 aliphatic heterocycles. The molecule has 0 N–H and O–H groups in total. The molecule has 3 atom stereocenters. The van der Waals surface area contributed by atoms with E-state index in [-0.39, 0.29) is 0 Å². The van der Waals surface area contributed by atoms with Gasteiger partial charge >= 0.3 is 0 Å². The lowest BCUT2D eigenvalue weighted by Crippen LogP contribution is -2.51. The van der Waals surface area contributed by atoms with Gasteiger partial charge in [-0.15, -0.1) is 0 Å². The van der Waals surface area contributed by atoms with Crippen molar-refractivity contribution in [3.63, 3.8) is 0 Å². The second-order valence-electron chi connectivity index (χ2n) is 6.92. The van der Waals surface area contributed by atoms with E-state index in [1.165, 1.54) is 57.4 Å². The van der Waals surface area contributed by atoms with Crippen molar-refractivity contribution >= 4 is 0 Å². The molecule has 0 unspecified atom stereocenters. The van der Waals surface area contributed by atoms with Crippen LogP contribution in [0.25, 0.3) is 0 Å². The Bertz CT molecular complexity index is 439. The summed E-state index contributed by atoms with van der Waals surface area (Å²) in [5, 5.41) is 0. The van der Waals surface area contributed by atoms with Gasteiger partial charge in [0, 0.05) is 51.2 Å². The zero-order valence-electron chi connectivity index (χ0n) is 12.2. The van der Waals surface area contributed by atoms with E-state index in [0.29, 0.717) is 0 Å². The number of rotatable bonds is 3. The number of pyridine rings is 1. The summed E-state index contributed by atoms with van der Waals surface area (Å²) in [5.41, 5.74) is 1.35. The Labute approximate surface area is 122 Å². The molecule has 0 radical (unpaired) electrons. The van der Waals surface area contributed by atoms with E-state index in [2.05, 4.69) is 20.9 Å². The highest BCUT2D eigenvalue weighted by Gasteiger charge is 2.42. The van der Waals surface area contributed by atoms with E-state index in [0.717, 1.165) is 24.4 Å². The van der Waals surface area contributed by atoms with Crippen molar-refractivity contribution in [2.24, 2.45) is 11.8 Å². The molecule has 3 fully saturated rings. The molecule has 2 saturated carbocycles. The van der Waals surface area contributed by atoms with Gasteiger partial charge in [-0.3, -0.25) is 14.8 Å². The number of hydrogen-bond acceptors (Lipinski definition) is 3. The first-order valence-corrected chi connectivity index (χ1v) is 8.24. The number of piperazine rings is 1. The second kappa shape index (κ2) is 5.45. The first kappa shape index (κ1) is 12.8. The van der Waals surface area contributed by atoms with Crippen molar-refractivity contribution in [2.45, 2.75) is 38.3 Å². The predicted molar refractivity (Wildman–Crippen MR) is 80.3 cm³/mol. The average molecular weight is 271 g/mol. The van der Waals surface area contributed by atoms with Gasteiger partial charge in [-0.1, -0.05) is 12.5 Å². The first-order chi connectivity index (χ1) is 9.88. The van der Waals surface area contributed by atoms with Crippen LogP contribution >= 0.6 is 0 Å². The molecule has 20 heavy (non-hydrogen) atoms. The highest BCUT2D eigenvalue weighted by atomic mass is 15.3. The monoisotopic (exact) mass is 271 g/mol. The molecule has 4 rings (SSSR count). The topological polar surface area (TPSA) is 19.4 Å². The fourth-order valence-corrected chi connectivity index (χ4v) is 4.66. The first-order valence-electron chi connectivity index (χ1n) is 8.24. The van der Waals surface area contributed by atoms with Gasteiger partial charge in [0.2, 0.25) is 0 Å². The Morgan fingerprint density at radius 3 is 2.65 bits per heavy atom. The van der Waals surface area contributed by atoms with E-state index in [9.17, 15) is 0 Å². The highest BCUT2D eigenvalue weighted by molar-refractivity contribution is 5.08. The molecule has 2 aliphatic carbocycles. The summed E-state index contributed by atoms with van der Waals surface area (Å²) in [6, 6.07) is 5.16. The quantitative estimate of drug-likeness (QED) is 0.841. The predicted octanol–water partition coefficient (Wildman–Crippen LogP) is 2.39. The zero-order chi connectivity index (χ0) is 13.4. The summed E-state index contributed by atoms with van der Waals surface area (Å²) < 4.78 is 0. The molecule has 1 aromatic heterocycles. The molecule has 3 aliphatic rings. The van der Waals surface area contributed by atoms with Crippen LogP contribution in [-0.4, -0.2) is 47.0 Å². The van der Waals surface area contributed by atoms with Gasteiger partial charge in [0.15, 0.2) is 0 Å². The molecule has 0 spiro atoms. The van der Waals surface area contributed by atoms with Crippen LogP contribution in [0.15, 0.2) is 24.5 Å². The van der Waals surface area contributed by atoms with Crippen LogP contribution in [-0.2, 0) is 6.54 Å². The molecule has 2 bridgehead atoms. The smallest absolute Gasteiger partial charge is 0.0312 e. The molecule has 0 amide bonds. The van der Waals surface area contributed by atoms with Gasteiger partial charge in [0.1, 0.15) is 0 Å². The van der Waals surface area contributed by atoms with E-state index >= 15 is 0 Å². The second-order valence-corrected chi connectivity index (χ2v) is 6.92. The summed E-state index contributed by atoms with van der Waals surface area (Å²) in [7, 11) is 0. The van der Waals surface area contributed by atoms with Gasteiger partial charge in [0.05, 0.1) is 0 Å². The van der Waals surface area contributed by atoms with Gasteiger partial charge in [0.25, 0.3) is 0 Å². The molecule has 3 heteroatoms. The fraction of sp³-hybridized carbons (Fsp3) is 0.706. The Morgan fingerprint density at radius 2 is 2.00 bits per heavy atom. The third kappa shape index (κ3) is 2.49. The molecule has 2 heterocycles. The maximum atomic E-state index is 4.22. The lowest BCUT2D eigenvalue weighted by Gasteiger charge is -2.41. The molecule has 1 saturated heterocycles. The lowest BCUT2D eigenvalue weighted by molar-refractivity contribution is 0.0679. The van der Waals surface area contributed by atoms with E-state index in [4.69, 9.17) is 0 Å². The summed E-state index contributed by atoms with van der Waals surface area (Å²) in [5.74, 6) is 2.10. The Morgan fingerprint density at radius 1 is 1.10 bits per heavy atom. The largest absolute Gasteiger partial charge is 0.298 e. The number of hydrogen-bond donors (Lipinski definition) is 0. The van der Waals surface area contributed by atoms with E-state index in [1.807, 2.05) is 18.5 Å².